The molecule has 128 valence electrons. The van der Waals surface area contributed by atoms with Crippen LogP contribution >= 0.6 is 0 Å². The number of carbonyl (C=O) groups excluding carboxylic acids is 1. The lowest BCUT2D eigenvalue weighted by atomic mass is 9.95. The topological polar surface area (TPSA) is 101 Å². The van der Waals surface area contributed by atoms with Crippen LogP contribution in [-0.2, 0) is 19.4 Å². The molecule has 0 saturated heterocycles. The summed E-state index contributed by atoms with van der Waals surface area (Å²) < 4.78 is 23.7. The van der Waals surface area contributed by atoms with E-state index < -0.39 is 39.4 Å². The van der Waals surface area contributed by atoms with E-state index in [9.17, 15) is 23.1 Å². The average molecular weight is 333 g/mol. The number of aliphatic carboxylic acids is 1. The summed E-state index contributed by atoms with van der Waals surface area (Å²) in [5.74, 6) is -2.64. The zero-order valence-corrected chi connectivity index (χ0v) is 14.0. The maximum Gasteiger partial charge on any atom is 0.308 e. The number of rotatable bonds is 8. The highest BCUT2D eigenvalue weighted by atomic mass is 32.2. The molecule has 1 aliphatic rings. The van der Waals surface area contributed by atoms with Gasteiger partial charge in [0.1, 0.15) is 5.75 Å². The second-order valence-corrected chi connectivity index (χ2v) is 8.24. The summed E-state index contributed by atoms with van der Waals surface area (Å²) in [6, 6.07) is -0.460. The fourth-order valence-corrected chi connectivity index (χ4v) is 4.14. The zero-order chi connectivity index (χ0) is 16.6. The molecule has 1 saturated carbocycles. The summed E-state index contributed by atoms with van der Waals surface area (Å²) in [7, 11) is -3.41. The molecule has 1 fully saturated rings. The number of carboxylic acids is 1. The van der Waals surface area contributed by atoms with Crippen LogP contribution in [0.1, 0.15) is 58.3 Å². The normalized spacial score (nSPS) is 22.8. The van der Waals surface area contributed by atoms with Crippen molar-refractivity contribution in [3.05, 3.63) is 0 Å². The molecule has 0 aromatic carbocycles. The minimum Gasteiger partial charge on any atom is -0.481 e. The number of unbranched alkanes of at least 4 members (excludes halogenated alkanes) is 2. The minimum absolute atomic E-state index is 0.0152. The Morgan fingerprint density at radius 3 is 2.45 bits per heavy atom. The second-order valence-electron chi connectivity index (χ2n) is 6.06. The molecule has 22 heavy (non-hydrogen) atoms. The Hall–Kier alpha value is -1.11. The minimum atomic E-state index is -3.41. The van der Waals surface area contributed by atoms with Crippen LogP contribution in [0.4, 0.5) is 0 Å². The standard InChI is InChI=1S/C15H27NO5S/c1-2-3-7-10-22(20,21)11-14(17)16-13-9-6-4-5-8-12(13)15(18)19/h12-13H,2-11H2,1H3,(H,16,17)(H,18,19)/t12-,13+/m1/s1. The highest BCUT2D eigenvalue weighted by Gasteiger charge is 2.31. The van der Waals surface area contributed by atoms with Gasteiger partial charge >= 0.3 is 5.97 Å². The molecule has 0 heterocycles. The summed E-state index contributed by atoms with van der Waals surface area (Å²) in [5, 5.41) is 11.9. The van der Waals surface area contributed by atoms with Crippen molar-refractivity contribution in [2.45, 2.75) is 64.3 Å². The SMILES string of the molecule is CCCCCS(=O)(=O)CC(=O)N[C@H]1CCCCC[C@H]1C(=O)O. The lowest BCUT2D eigenvalue weighted by Gasteiger charge is -2.22. The van der Waals surface area contributed by atoms with Gasteiger partial charge in [-0.2, -0.15) is 0 Å². The van der Waals surface area contributed by atoms with E-state index in [0.717, 1.165) is 32.1 Å². The Labute approximate surface area is 132 Å². The number of nitrogens with one attached hydrogen (secondary N) is 1. The van der Waals surface area contributed by atoms with Crippen molar-refractivity contribution in [1.82, 2.24) is 5.32 Å². The van der Waals surface area contributed by atoms with E-state index in [1.165, 1.54) is 0 Å². The lowest BCUT2D eigenvalue weighted by molar-refractivity contribution is -0.143. The van der Waals surface area contributed by atoms with Gasteiger partial charge in [-0.05, 0) is 19.3 Å². The van der Waals surface area contributed by atoms with Gasteiger partial charge in [-0.15, -0.1) is 0 Å². The van der Waals surface area contributed by atoms with Crippen molar-refractivity contribution in [2.24, 2.45) is 5.92 Å². The largest absolute Gasteiger partial charge is 0.481 e. The number of amides is 1. The molecular weight excluding hydrogens is 306 g/mol. The first kappa shape index (κ1) is 18.9. The zero-order valence-electron chi connectivity index (χ0n) is 13.2. The second kappa shape index (κ2) is 9.12. The number of hydrogen-bond donors (Lipinski definition) is 2. The molecule has 0 radical (unpaired) electrons. The third-order valence-electron chi connectivity index (χ3n) is 4.09. The maximum atomic E-state index is 12.0. The van der Waals surface area contributed by atoms with E-state index in [2.05, 4.69) is 5.32 Å². The van der Waals surface area contributed by atoms with E-state index in [0.29, 0.717) is 19.3 Å². The average Bonchev–Trinajstić information content (AvgIpc) is 2.63. The van der Waals surface area contributed by atoms with E-state index >= 15 is 0 Å². The smallest absolute Gasteiger partial charge is 0.308 e. The van der Waals surface area contributed by atoms with Gasteiger partial charge in [-0.1, -0.05) is 39.0 Å². The summed E-state index contributed by atoms with van der Waals surface area (Å²) >= 11 is 0. The van der Waals surface area contributed by atoms with E-state index in [4.69, 9.17) is 0 Å². The van der Waals surface area contributed by atoms with Crippen LogP contribution in [0.2, 0.25) is 0 Å². The molecule has 2 atom stereocenters. The van der Waals surface area contributed by atoms with Gasteiger partial charge in [0.2, 0.25) is 5.91 Å². The first-order valence-corrected chi connectivity index (χ1v) is 9.90. The molecule has 0 aromatic rings. The van der Waals surface area contributed by atoms with Gasteiger partial charge in [0.25, 0.3) is 0 Å². The van der Waals surface area contributed by atoms with Crippen LogP contribution in [0.15, 0.2) is 0 Å². The van der Waals surface area contributed by atoms with Gasteiger partial charge in [0.05, 0.1) is 11.7 Å². The van der Waals surface area contributed by atoms with Crippen LogP contribution in [-0.4, -0.2) is 42.9 Å². The predicted molar refractivity (Wildman–Crippen MR) is 84.3 cm³/mol. The summed E-state index contributed by atoms with van der Waals surface area (Å²) in [5.41, 5.74) is 0. The van der Waals surface area contributed by atoms with Crippen molar-refractivity contribution in [3.63, 3.8) is 0 Å². The van der Waals surface area contributed by atoms with Gasteiger partial charge < -0.3 is 10.4 Å². The Kier molecular flexibility index (Phi) is 7.85. The Bertz CT molecular complexity index is 474. The quantitative estimate of drug-likeness (QED) is 0.520. The monoisotopic (exact) mass is 333 g/mol. The number of carboxylic acid groups (broad SMARTS) is 1. The van der Waals surface area contributed by atoms with Gasteiger partial charge in [-0.3, -0.25) is 9.59 Å². The predicted octanol–water partition coefficient (Wildman–Crippen LogP) is 1.74. The molecule has 6 nitrogen and oxygen atoms in total. The maximum absolute atomic E-state index is 12.0. The molecule has 1 amide bonds. The van der Waals surface area contributed by atoms with Gasteiger partial charge in [-0.25, -0.2) is 8.42 Å². The molecule has 0 aromatic heterocycles. The summed E-state index contributed by atoms with van der Waals surface area (Å²) in [6.45, 7) is 1.98. The first-order chi connectivity index (χ1) is 10.4. The Balaban J connectivity index is 2.56. The van der Waals surface area contributed by atoms with Crippen LogP contribution in [0.3, 0.4) is 0 Å². The van der Waals surface area contributed by atoms with Crippen molar-refractivity contribution in [3.8, 4) is 0 Å². The molecule has 0 aliphatic heterocycles. The van der Waals surface area contributed by atoms with E-state index in [1.807, 2.05) is 6.92 Å². The third-order valence-corrected chi connectivity index (χ3v) is 5.70. The van der Waals surface area contributed by atoms with Crippen LogP contribution in [0.25, 0.3) is 0 Å². The van der Waals surface area contributed by atoms with Crippen molar-refractivity contribution in [2.75, 3.05) is 11.5 Å². The highest BCUT2D eigenvalue weighted by Crippen LogP contribution is 2.23. The number of sulfone groups is 1. The van der Waals surface area contributed by atoms with Gasteiger partial charge in [0.15, 0.2) is 9.84 Å². The molecule has 1 rings (SSSR count). The van der Waals surface area contributed by atoms with Crippen LogP contribution in [0, 0.1) is 5.92 Å². The van der Waals surface area contributed by atoms with Crippen molar-refractivity contribution in [1.29, 1.82) is 0 Å². The molecule has 0 spiro atoms. The van der Waals surface area contributed by atoms with E-state index in [-0.39, 0.29) is 5.75 Å². The molecule has 1 aliphatic carbocycles. The molecule has 0 unspecified atom stereocenters. The summed E-state index contributed by atoms with van der Waals surface area (Å²) in [4.78, 5) is 23.2. The molecular formula is C15H27NO5S. The van der Waals surface area contributed by atoms with Crippen LogP contribution in [0.5, 0.6) is 0 Å². The molecule has 0 bridgehead atoms. The van der Waals surface area contributed by atoms with Crippen molar-refractivity contribution >= 4 is 21.7 Å². The molecule has 2 N–H and O–H groups in total. The molecule has 7 heteroatoms. The van der Waals surface area contributed by atoms with Crippen molar-refractivity contribution < 1.29 is 23.1 Å². The Morgan fingerprint density at radius 1 is 1.14 bits per heavy atom. The fourth-order valence-electron chi connectivity index (χ4n) is 2.87. The van der Waals surface area contributed by atoms with E-state index in [1.54, 1.807) is 0 Å². The third kappa shape index (κ3) is 6.77. The Morgan fingerprint density at radius 2 is 1.82 bits per heavy atom. The highest BCUT2D eigenvalue weighted by molar-refractivity contribution is 7.92. The van der Waals surface area contributed by atoms with Gasteiger partial charge in [0, 0.05) is 6.04 Å². The number of hydrogen-bond acceptors (Lipinski definition) is 4. The number of carbonyl (C=O) groups is 2. The van der Waals surface area contributed by atoms with Crippen LogP contribution < -0.4 is 5.32 Å². The lowest BCUT2D eigenvalue weighted by Crippen LogP contribution is -2.45. The fraction of sp³-hybridized carbons (Fsp3) is 0.867. The first-order valence-electron chi connectivity index (χ1n) is 8.08. The summed E-state index contributed by atoms with van der Waals surface area (Å²) in [6.07, 6.45) is 6.08.